The fourth-order valence-corrected chi connectivity index (χ4v) is 1.26. The smallest absolute Gasteiger partial charge is 0.410 e. The Bertz CT molecular complexity index is 294. The highest BCUT2D eigenvalue weighted by Gasteiger charge is 2.22. The van der Waals surface area contributed by atoms with E-state index in [0.717, 1.165) is 13.0 Å². The molecule has 0 atom stereocenters. The van der Waals surface area contributed by atoms with Crippen molar-refractivity contribution >= 4 is 12.5 Å². The Kier molecular flexibility index (Phi) is 10.9. The van der Waals surface area contributed by atoms with Crippen LogP contribution >= 0.6 is 0 Å². The van der Waals surface area contributed by atoms with Gasteiger partial charge in [0.1, 0.15) is 5.60 Å². The van der Waals surface area contributed by atoms with E-state index in [2.05, 4.69) is 18.7 Å². The van der Waals surface area contributed by atoms with Crippen molar-refractivity contribution in [3.63, 3.8) is 0 Å². The lowest BCUT2D eigenvalue weighted by atomic mass is 10.1. The first-order chi connectivity index (χ1) is 8.80. The summed E-state index contributed by atoms with van der Waals surface area (Å²) in [4.78, 5) is 21.9. The van der Waals surface area contributed by atoms with Gasteiger partial charge in [-0.25, -0.2) is 4.79 Å². The van der Waals surface area contributed by atoms with E-state index in [9.17, 15) is 4.79 Å². The van der Waals surface area contributed by atoms with Crippen molar-refractivity contribution in [1.82, 2.24) is 4.90 Å². The van der Waals surface area contributed by atoms with Crippen molar-refractivity contribution in [2.24, 2.45) is 5.73 Å². The Morgan fingerprint density at radius 2 is 1.89 bits per heavy atom. The predicted octanol–water partition coefficient (Wildman–Crippen LogP) is 2.70. The van der Waals surface area contributed by atoms with E-state index in [1.807, 2.05) is 34.6 Å². The van der Waals surface area contributed by atoms with Gasteiger partial charge in [0.2, 0.25) is 6.41 Å². The van der Waals surface area contributed by atoms with Crippen LogP contribution in [-0.2, 0) is 9.53 Å². The lowest BCUT2D eigenvalue weighted by molar-refractivity contribution is -0.106. The van der Waals surface area contributed by atoms with E-state index in [1.54, 1.807) is 4.90 Å². The van der Waals surface area contributed by atoms with E-state index in [-0.39, 0.29) is 12.5 Å². The van der Waals surface area contributed by atoms with Crippen molar-refractivity contribution in [2.45, 2.75) is 53.6 Å². The van der Waals surface area contributed by atoms with Gasteiger partial charge in [-0.1, -0.05) is 25.5 Å². The lowest BCUT2D eigenvalue weighted by Crippen LogP contribution is -2.39. The number of nitrogens with zero attached hydrogens (tertiary/aromatic N) is 1. The summed E-state index contributed by atoms with van der Waals surface area (Å²) in [7, 11) is 0. The molecule has 5 heteroatoms. The number of carbonyl (C=O) groups is 2. The van der Waals surface area contributed by atoms with Crippen LogP contribution in [0.3, 0.4) is 0 Å². The topological polar surface area (TPSA) is 72.6 Å². The average molecular weight is 272 g/mol. The number of hydrogen-bond acceptors (Lipinski definition) is 3. The van der Waals surface area contributed by atoms with Gasteiger partial charge in [-0.2, -0.15) is 0 Å². The summed E-state index contributed by atoms with van der Waals surface area (Å²) in [6.07, 6.45) is 3.08. The van der Waals surface area contributed by atoms with E-state index in [4.69, 9.17) is 9.53 Å². The number of rotatable bonds is 0. The molecule has 0 radical (unpaired) electrons. The van der Waals surface area contributed by atoms with Crippen LogP contribution in [0.25, 0.3) is 0 Å². The molecule has 1 aliphatic heterocycles. The second-order valence-corrected chi connectivity index (χ2v) is 4.86. The fraction of sp³-hybridized carbons (Fsp3) is 0.714. The van der Waals surface area contributed by atoms with Crippen molar-refractivity contribution in [2.75, 3.05) is 13.1 Å². The zero-order valence-corrected chi connectivity index (χ0v) is 13.0. The Labute approximate surface area is 116 Å². The van der Waals surface area contributed by atoms with Gasteiger partial charge in [0.15, 0.2) is 0 Å². The van der Waals surface area contributed by atoms with Crippen molar-refractivity contribution < 1.29 is 14.3 Å². The molecule has 112 valence electrons. The van der Waals surface area contributed by atoms with Crippen LogP contribution in [0.4, 0.5) is 4.79 Å². The first-order valence-corrected chi connectivity index (χ1v) is 6.59. The van der Waals surface area contributed by atoms with Crippen molar-refractivity contribution in [1.29, 1.82) is 0 Å². The molecule has 0 aromatic rings. The van der Waals surface area contributed by atoms with E-state index in [0.29, 0.717) is 6.54 Å². The third-order valence-electron chi connectivity index (χ3n) is 2.09. The molecular weight excluding hydrogens is 244 g/mol. The molecule has 19 heavy (non-hydrogen) atoms. The molecular formula is C14H28N2O3. The monoisotopic (exact) mass is 272 g/mol. The van der Waals surface area contributed by atoms with E-state index >= 15 is 0 Å². The predicted molar refractivity (Wildman–Crippen MR) is 77.8 cm³/mol. The number of hydrogen-bond donors (Lipinski definition) is 1. The highest BCUT2D eigenvalue weighted by Crippen LogP contribution is 2.14. The van der Waals surface area contributed by atoms with Crippen LogP contribution in [0.15, 0.2) is 11.6 Å². The van der Waals surface area contributed by atoms with Crippen LogP contribution in [0.5, 0.6) is 0 Å². The van der Waals surface area contributed by atoms with Gasteiger partial charge >= 0.3 is 6.09 Å². The molecule has 0 unspecified atom stereocenters. The minimum Gasteiger partial charge on any atom is -0.444 e. The normalized spacial score (nSPS) is 14.0. The maximum atomic E-state index is 11.6. The summed E-state index contributed by atoms with van der Waals surface area (Å²) in [5.74, 6) is 0. The SMILES string of the molecule is CC.CC1=CCN(C(=O)OC(C)(C)C)CC1.NC=O. The second kappa shape index (κ2) is 10.4. The highest BCUT2D eigenvalue weighted by molar-refractivity contribution is 5.68. The number of primary amides is 1. The summed E-state index contributed by atoms with van der Waals surface area (Å²) in [6, 6.07) is 0. The molecule has 5 nitrogen and oxygen atoms in total. The van der Waals surface area contributed by atoms with Gasteiger partial charge in [-0.3, -0.25) is 4.79 Å². The van der Waals surface area contributed by atoms with Crippen LogP contribution < -0.4 is 5.73 Å². The first-order valence-electron chi connectivity index (χ1n) is 6.59. The molecule has 0 saturated heterocycles. The summed E-state index contributed by atoms with van der Waals surface area (Å²) in [6.45, 7) is 13.2. The van der Waals surface area contributed by atoms with E-state index < -0.39 is 5.60 Å². The van der Waals surface area contributed by atoms with Gasteiger partial charge in [-0.05, 0) is 34.1 Å². The minimum absolute atomic E-state index is 0.207. The molecule has 0 fully saturated rings. The highest BCUT2D eigenvalue weighted by atomic mass is 16.6. The van der Waals surface area contributed by atoms with Gasteiger partial charge in [0, 0.05) is 13.1 Å². The Balaban J connectivity index is 0. The molecule has 0 aromatic heterocycles. The number of carbonyl (C=O) groups excluding carboxylic acids is 2. The molecule has 0 aromatic carbocycles. The molecule has 1 rings (SSSR count). The van der Waals surface area contributed by atoms with Crippen LogP contribution in [0.2, 0.25) is 0 Å². The summed E-state index contributed by atoms with van der Waals surface area (Å²) >= 11 is 0. The maximum Gasteiger partial charge on any atom is 0.410 e. The molecule has 2 amide bonds. The Morgan fingerprint density at radius 1 is 1.42 bits per heavy atom. The molecule has 0 bridgehead atoms. The lowest BCUT2D eigenvalue weighted by Gasteiger charge is -2.28. The molecule has 0 spiro atoms. The summed E-state index contributed by atoms with van der Waals surface area (Å²) < 4.78 is 5.27. The first kappa shape index (κ1) is 19.8. The number of ether oxygens (including phenoxy) is 1. The van der Waals surface area contributed by atoms with Crippen molar-refractivity contribution in [3.8, 4) is 0 Å². The van der Waals surface area contributed by atoms with Crippen LogP contribution in [0, 0.1) is 0 Å². The summed E-state index contributed by atoms with van der Waals surface area (Å²) in [5.41, 5.74) is 5.12. The zero-order valence-electron chi connectivity index (χ0n) is 13.0. The van der Waals surface area contributed by atoms with Gasteiger partial charge < -0.3 is 15.4 Å². The summed E-state index contributed by atoms with van der Waals surface area (Å²) in [5, 5.41) is 0. The maximum absolute atomic E-state index is 11.6. The number of amides is 2. The minimum atomic E-state index is -0.396. The van der Waals surface area contributed by atoms with Crippen LogP contribution in [0.1, 0.15) is 48.0 Å². The molecule has 1 aliphatic rings. The van der Waals surface area contributed by atoms with Gasteiger partial charge in [0.25, 0.3) is 0 Å². The molecule has 0 aliphatic carbocycles. The quantitative estimate of drug-likeness (QED) is 0.544. The van der Waals surface area contributed by atoms with E-state index in [1.165, 1.54) is 5.57 Å². The van der Waals surface area contributed by atoms with Crippen LogP contribution in [-0.4, -0.2) is 36.1 Å². The van der Waals surface area contributed by atoms with Gasteiger partial charge in [-0.15, -0.1) is 0 Å². The standard InChI is InChI=1S/C11H19NO2.C2H6.CH3NO/c1-9-5-7-12(8-6-9)10(13)14-11(2,3)4;1-2;2-1-3/h5H,6-8H2,1-4H3;1-2H3;1H,(H2,2,3). The van der Waals surface area contributed by atoms with Crippen molar-refractivity contribution in [3.05, 3.63) is 11.6 Å². The molecule has 1 heterocycles. The second-order valence-electron chi connectivity index (χ2n) is 4.86. The largest absolute Gasteiger partial charge is 0.444 e. The third kappa shape index (κ3) is 11.3. The fourth-order valence-electron chi connectivity index (χ4n) is 1.26. The average Bonchev–Trinajstić information content (AvgIpc) is 2.31. The molecule has 2 N–H and O–H groups in total. The Hall–Kier alpha value is -1.52. The zero-order chi connectivity index (χ0) is 15.5. The Morgan fingerprint density at radius 3 is 2.21 bits per heavy atom. The molecule has 0 saturated carbocycles. The van der Waals surface area contributed by atoms with Gasteiger partial charge in [0.05, 0.1) is 0 Å². The third-order valence-corrected chi connectivity index (χ3v) is 2.09. The number of nitrogens with two attached hydrogens (primary N) is 1.